The summed E-state index contributed by atoms with van der Waals surface area (Å²) in [6.07, 6.45) is 0.750. The van der Waals surface area contributed by atoms with Gasteiger partial charge in [-0.1, -0.05) is 6.92 Å². The monoisotopic (exact) mass is 210 g/mol. The Bertz CT molecular complexity index is 344. The molecule has 0 bridgehead atoms. The molecule has 1 aromatic heterocycles. The van der Waals surface area contributed by atoms with Crippen LogP contribution in [0, 0.1) is 12.8 Å². The number of aryl methyl sites for hydroxylation is 2. The molecule has 1 rings (SSSR count). The predicted octanol–water partition coefficient (Wildman–Crippen LogP) is 1.58. The normalized spacial score (nSPS) is 12.8. The first-order valence-electron chi connectivity index (χ1n) is 5.10. The average Bonchev–Trinajstić information content (AvgIpc) is 2.53. The maximum atomic E-state index is 12.0. The van der Waals surface area contributed by atoms with Crippen LogP contribution in [0.15, 0.2) is 6.07 Å². The third-order valence-electron chi connectivity index (χ3n) is 2.46. The van der Waals surface area contributed by atoms with Gasteiger partial charge in [0.25, 0.3) is 0 Å². The van der Waals surface area contributed by atoms with Crippen molar-refractivity contribution in [3.8, 4) is 0 Å². The first kappa shape index (κ1) is 11.9. The van der Waals surface area contributed by atoms with Crippen LogP contribution in [0.3, 0.4) is 0 Å². The number of carbonyl (C=O) groups is 1. The zero-order valence-corrected chi connectivity index (χ0v) is 9.78. The van der Waals surface area contributed by atoms with Crippen molar-refractivity contribution in [1.82, 2.24) is 9.78 Å². The van der Waals surface area contributed by atoms with Crippen LogP contribution in [0.25, 0.3) is 0 Å². The van der Waals surface area contributed by atoms with E-state index < -0.39 is 0 Å². The van der Waals surface area contributed by atoms with Gasteiger partial charge in [0.15, 0.2) is 5.78 Å². The number of nitrogens with zero attached hydrogens (tertiary/aromatic N) is 2. The Kier molecular flexibility index (Phi) is 4.03. The molecular weight excluding hydrogens is 192 g/mol. The minimum Gasteiger partial charge on any atom is -0.385 e. The number of carbonyl (C=O) groups excluding carboxylic acids is 1. The molecule has 0 fully saturated rings. The number of hydrogen-bond donors (Lipinski definition) is 0. The molecule has 4 heteroatoms. The van der Waals surface area contributed by atoms with E-state index in [1.165, 1.54) is 0 Å². The predicted molar refractivity (Wildman–Crippen MR) is 57.9 cm³/mol. The topological polar surface area (TPSA) is 44.1 Å². The number of Topliss-reactive ketones (excluding diaryl/α,β-unsaturated/α-hetero) is 1. The second kappa shape index (κ2) is 5.07. The van der Waals surface area contributed by atoms with Crippen LogP contribution in [-0.4, -0.2) is 29.3 Å². The molecule has 1 unspecified atom stereocenters. The smallest absolute Gasteiger partial charge is 0.183 e. The third-order valence-corrected chi connectivity index (χ3v) is 2.46. The molecular formula is C11H18N2O2. The molecule has 0 saturated carbocycles. The van der Waals surface area contributed by atoms with Gasteiger partial charge in [-0.05, 0) is 19.4 Å². The Balaban J connectivity index is 2.71. The molecule has 0 aromatic carbocycles. The van der Waals surface area contributed by atoms with Crippen LogP contribution in [0.4, 0.5) is 0 Å². The van der Waals surface area contributed by atoms with E-state index in [-0.39, 0.29) is 11.7 Å². The molecule has 15 heavy (non-hydrogen) atoms. The molecule has 0 radical (unpaired) electrons. The van der Waals surface area contributed by atoms with Crippen molar-refractivity contribution in [3.05, 3.63) is 17.5 Å². The van der Waals surface area contributed by atoms with E-state index in [9.17, 15) is 4.79 Å². The highest BCUT2D eigenvalue weighted by Crippen LogP contribution is 2.12. The van der Waals surface area contributed by atoms with Gasteiger partial charge in [0.1, 0.15) is 5.69 Å². The fourth-order valence-electron chi connectivity index (χ4n) is 1.52. The molecule has 0 aliphatic carbocycles. The van der Waals surface area contributed by atoms with Crippen molar-refractivity contribution >= 4 is 5.78 Å². The van der Waals surface area contributed by atoms with Crippen molar-refractivity contribution < 1.29 is 9.53 Å². The van der Waals surface area contributed by atoms with Gasteiger partial charge in [-0.3, -0.25) is 9.48 Å². The lowest BCUT2D eigenvalue weighted by Crippen LogP contribution is -2.16. The van der Waals surface area contributed by atoms with Crippen molar-refractivity contribution in [1.29, 1.82) is 0 Å². The van der Waals surface area contributed by atoms with E-state index in [4.69, 9.17) is 4.74 Å². The minimum absolute atomic E-state index is 0.0141. The number of methoxy groups -OCH3 is 1. The Labute approximate surface area is 90.2 Å². The Morgan fingerprint density at radius 1 is 1.67 bits per heavy atom. The van der Waals surface area contributed by atoms with Crippen LogP contribution < -0.4 is 0 Å². The number of ketones is 1. The standard InChI is InChI=1S/C11H18N2O2/c1-8(5-6-15-4)11(14)10-7-9(2)12-13(10)3/h7-8H,5-6H2,1-4H3. The van der Waals surface area contributed by atoms with Gasteiger partial charge in [0.05, 0.1) is 5.69 Å². The minimum atomic E-state index is -0.0141. The summed E-state index contributed by atoms with van der Waals surface area (Å²) in [7, 11) is 3.44. The number of hydrogen-bond acceptors (Lipinski definition) is 3. The van der Waals surface area contributed by atoms with Crippen LogP contribution in [-0.2, 0) is 11.8 Å². The molecule has 0 spiro atoms. The summed E-state index contributed by atoms with van der Waals surface area (Å²) in [6, 6.07) is 1.83. The lowest BCUT2D eigenvalue weighted by Gasteiger charge is -2.09. The number of aromatic nitrogens is 2. The van der Waals surface area contributed by atoms with Gasteiger partial charge in [-0.25, -0.2) is 0 Å². The summed E-state index contributed by atoms with van der Waals surface area (Å²) < 4.78 is 6.60. The number of rotatable bonds is 5. The molecule has 0 aliphatic heterocycles. The second-order valence-corrected chi connectivity index (χ2v) is 3.84. The average molecular weight is 210 g/mol. The fourth-order valence-corrected chi connectivity index (χ4v) is 1.52. The molecule has 1 aromatic rings. The van der Waals surface area contributed by atoms with Gasteiger partial charge >= 0.3 is 0 Å². The third kappa shape index (κ3) is 2.89. The van der Waals surface area contributed by atoms with Gasteiger partial charge in [-0.2, -0.15) is 5.10 Å². The summed E-state index contributed by atoms with van der Waals surface area (Å²) in [5, 5.41) is 4.16. The van der Waals surface area contributed by atoms with Crippen LogP contribution in [0.1, 0.15) is 29.5 Å². The highest BCUT2D eigenvalue weighted by atomic mass is 16.5. The maximum Gasteiger partial charge on any atom is 0.183 e. The lowest BCUT2D eigenvalue weighted by molar-refractivity contribution is 0.0884. The van der Waals surface area contributed by atoms with Crippen LogP contribution in [0.5, 0.6) is 0 Å². The largest absolute Gasteiger partial charge is 0.385 e. The molecule has 1 heterocycles. The summed E-state index contributed by atoms with van der Waals surface area (Å²) in [6.45, 7) is 4.42. The van der Waals surface area contributed by atoms with E-state index in [1.807, 2.05) is 19.9 Å². The van der Waals surface area contributed by atoms with Gasteiger partial charge in [0.2, 0.25) is 0 Å². The maximum absolute atomic E-state index is 12.0. The molecule has 1 atom stereocenters. The van der Waals surface area contributed by atoms with Crippen molar-refractivity contribution in [2.24, 2.45) is 13.0 Å². The van der Waals surface area contributed by atoms with E-state index in [1.54, 1.807) is 18.8 Å². The quantitative estimate of drug-likeness (QED) is 0.693. The molecule has 0 N–H and O–H groups in total. The molecule has 0 aliphatic rings. The zero-order valence-electron chi connectivity index (χ0n) is 9.78. The summed E-state index contributed by atoms with van der Waals surface area (Å²) >= 11 is 0. The van der Waals surface area contributed by atoms with Crippen LogP contribution >= 0.6 is 0 Å². The Morgan fingerprint density at radius 3 is 2.80 bits per heavy atom. The van der Waals surface area contributed by atoms with E-state index in [2.05, 4.69) is 5.10 Å². The summed E-state index contributed by atoms with van der Waals surface area (Å²) in [5.41, 5.74) is 1.55. The fraction of sp³-hybridized carbons (Fsp3) is 0.636. The highest BCUT2D eigenvalue weighted by Gasteiger charge is 2.18. The molecule has 0 amide bonds. The van der Waals surface area contributed by atoms with Gasteiger partial charge in [-0.15, -0.1) is 0 Å². The summed E-state index contributed by atoms with van der Waals surface area (Å²) in [4.78, 5) is 12.0. The van der Waals surface area contributed by atoms with Gasteiger partial charge < -0.3 is 4.74 Å². The zero-order chi connectivity index (χ0) is 11.4. The summed E-state index contributed by atoms with van der Waals surface area (Å²) in [5.74, 6) is 0.120. The molecule has 0 saturated heterocycles. The van der Waals surface area contributed by atoms with E-state index in [0.717, 1.165) is 12.1 Å². The molecule has 4 nitrogen and oxygen atoms in total. The van der Waals surface area contributed by atoms with Gasteiger partial charge in [0, 0.05) is 26.7 Å². The molecule has 84 valence electrons. The van der Waals surface area contributed by atoms with Crippen molar-refractivity contribution in [2.45, 2.75) is 20.3 Å². The Hall–Kier alpha value is -1.16. The number of ether oxygens (including phenoxy) is 1. The second-order valence-electron chi connectivity index (χ2n) is 3.84. The Morgan fingerprint density at radius 2 is 2.33 bits per heavy atom. The van der Waals surface area contributed by atoms with E-state index >= 15 is 0 Å². The van der Waals surface area contributed by atoms with Crippen LogP contribution in [0.2, 0.25) is 0 Å². The van der Waals surface area contributed by atoms with Crippen molar-refractivity contribution in [3.63, 3.8) is 0 Å². The van der Waals surface area contributed by atoms with E-state index in [0.29, 0.717) is 12.3 Å². The SMILES string of the molecule is COCCC(C)C(=O)c1cc(C)nn1C. The van der Waals surface area contributed by atoms with Crippen molar-refractivity contribution in [2.75, 3.05) is 13.7 Å². The first-order valence-corrected chi connectivity index (χ1v) is 5.10. The highest BCUT2D eigenvalue weighted by molar-refractivity contribution is 5.96. The lowest BCUT2D eigenvalue weighted by atomic mass is 10.0. The first-order chi connectivity index (χ1) is 7.06.